The van der Waals surface area contributed by atoms with E-state index >= 15 is 0 Å². The van der Waals surface area contributed by atoms with Gasteiger partial charge in [0.2, 0.25) is 0 Å². The molecule has 0 radical (unpaired) electrons. The number of ether oxygens (including phenoxy) is 1. The van der Waals surface area contributed by atoms with E-state index in [0.717, 1.165) is 11.1 Å². The van der Waals surface area contributed by atoms with Crippen LogP contribution >= 0.6 is 0 Å². The Labute approximate surface area is 95.2 Å². The highest BCUT2D eigenvalue weighted by Gasteiger charge is 2.08. The molecule has 0 atom stereocenters. The molecular formula is C11H18N2O3. The highest BCUT2D eigenvalue weighted by Crippen LogP contribution is 2.11. The predicted molar refractivity (Wildman–Crippen MR) is 61.3 cm³/mol. The van der Waals surface area contributed by atoms with Gasteiger partial charge in [0.1, 0.15) is 0 Å². The molecule has 0 aliphatic heterocycles. The maximum Gasteiger partial charge on any atom is 0.338 e. The van der Waals surface area contributed by atoms with Crippen LogP contribution in [0.25, 0.3) is 0 Å². The molecule has 0 aliphatic rings. The fraction of sp³-hybridized carbons (Fsp3) is 0.364. The first-order valence-corrected chi connectivity index (χ1v) is 4.79. The molecule has 0 amide bonds. The molecule has 0 bridgehead atoms. The molecule has 1 rings (SSSR count). The van der Waals surface area contributed by atoms with Gasteiger partial charge < -0.3 is 15.7 Å². The number of aryl methyl sites for hydroxylation is 1. The summed E-state index contributed by atoms with van der Waals surface area (Å²) in [4.78, 5) is 11.2. The van der Waals surface area contributed by atoms with Crippen molar-refractivity contribution in [2.75, 3.05) is 14.2 Å². The van der Waals surface area contributed by atoms with Crippen LogP contribution in [0.4, 0.5) is 0 Å². The second kappa shape index (κ2) is 7.81. The molecule has 0 aliphatic carbocycles. The maximum absolute atomic E-state index is 11.2. The molecule has 0 saturated heterocycles. The van der Waals surface area contributed by atoms with Gasteiger partial charge >= 0.3 is 5.97 Å². The van der Waals surface area contributed by atoms with Gasteiger partial charge in [0.05, 0.1) is 12.7 Å². The first kappa shape index (κ1) is 14.6. The lowest BCUT2D eigenvalue weighted by molar-refractivity contribution is 0.0600. The van der Waals surface area contributed by atoms with Crippen LogP contribution in [0.5, 0.6) is 0 Å². The molecule has 5 nitrogen and oxygen atoms in total. The lowest BCUT2D eigenvalue weighted by Gasteiger charge is -2.05. The Bertz CT molecular complexity index is 340. The second-order valence-electron chi connectivity index (χ2n) is 3.07. The van der Waals surface area contributed by atoms with Crippen molar-refractivity contribution < 1.29 is 14.7 Å². The lowest BCUT2D eigenvalue weighted by Crippen LogP contribution is -2.06. The number of benzene rings is 1. The van der Waals surface area contributed by atoms with E-state index < -0.39 is 0 Å². The van der Waals surface area contributed by atoms with E-state index in [1.54, 1.807) is 11.5 Å². The largest absolute Gasteiger partial charge is 0.465 e. The van der Waals surface area contributed by atoms with Crippen LogP contribution in [0.15, 0.2) is 18.2 Å². The number of methoxy groups -OCH3 is 1. The number of carbonyl (C=O) groups excluding carboxylic acids is 1. The van der Waals surface area contributed by atoms with Gasteiger partial charge in [-0.05, 0) is 24.1 Å². The zero-order valence-corrected chi connectivity index (χ0v) is 9.78. The molecule has 0 heterocycles. The SMILES string of the molecule is CNO.COC(=O)c1cc(CN)ccc1C. The van der Waals surface area contributed by atoms with E-state index in [0.29, 0.717) is 12.1 Å². The van der Waals surface area contributed by atoms with Gasteiger partial charge in [-0.3, -0.25) is 0 Å². The monoisotopic (exact) mass is 226 g/mol. The summed E-state index contributed by atoms with van der Waals surface area (Å²) >= 11 is 0. The van der Waals surface area contributed by atoms with E-state index in [4.69, 9.17) is 10.9 Å². The number of hydroxylamine groups is 1. The summed E-state index contributed by atoms with van der Waals surface area (Å²) in [5.41, 5.74) is 9.64. The second-order valence-corrected chi connectivity index (χ2v) is 3.07. The Morgan fingerprint density at radius 2 is 2.12 bits per heavy atom. The van der Waals surface area contributed by atoms with Crippen molar-refractivity contribution in [3.63, 3.8) is 0 Å². The number of esters is 1. The molecule has 4 N–H and O–H groups in total. The summed E-state index contributed by atoms with van der Waals surface area (Å²) < 4.78 is 4.64. The standard InChI is InChI=1S/C10H13NO2.CH5NO/c1-7-3-4-8(6-11)5-9(7)10(12)13-2;1-2-3/h3-5H,6,11H2,1-2H3;2-3H,1H3. The van der Waals surface area contributed by atoms with Gasteiger partial charge in [-0.25, -0.2) is 10.3 Å². The number of nitrogens with one attached hydrogen (secondary N) is 1. The average molecular weight is 226 g/mol. The number of rotatable bonds is 2. The smallest absolute Gasteiger partial charge is 0.338 e. The fourth-order valence-electron chi connectivity index (χ4n) is 1.13. The van der Waals surface area contributed by atoms with Gasteiger partial charge in [-0.15, -0.1) is 0 Å². The highest BCUT2D eigenvalue weighted by atomic mass is 16.5. The van der Waals surface area contributed by atoms with E-state index in [9.17, 15) is 4.79 Å². The van der Waals surface area contributed by atoms with E-state index in [1.807, 2.05) is 19.1 Å². The maximum atomic E-state index is 11.2. The summed E-state index contributed by atoms with van der Waals surface area (Å²) in [5.74, 6) is -0.312. The predicted octanol–water partition coefficient (Wildman–Crippen LogP) is 0.835. The van der Waals surface area contributed by atoms with E-state index in [1.165, 1.54) is 14.2 Å². The van der Waals surface area contributed by atoms with E-state index in [-0.39, 0.29) is 5.97 Å². The summed E-state index contributed by atoms with van der Waals surface area (Å²) in [6.45, 7) is 2.30. The third-order valence-electron chi connectivity index (χ3n) is 1.94. The average Bonchev–Trinajstić information content (AvgIpc) is 2.30. The van der Waals surface area contributed by atoms with Gasteiger partial charge in [0.15, 0.2) is 0 Å². The summed E-state index contributed by atoms with van der Waals surface area (Å²) in [5, 5.41) is 7.32. The van der Waals surface area contributed by atoms with Crippen molar-refractivity contribution in [3.05, 3.63) is 34.9 Å². The lowest BCUT2D eigenvalue weighted by atomic mass is 10.1. The molecule has 1 aromatic carbocycles. The molecule has 5 heteroatoms. The summed E-state index contributed by atoms with van der Waals surface area (Å²) in [6, 6.07) is 5.54. The van der Waals surface area contributed by atoms with Crippen LogP contribution in [0.3, 0.4) is 0 Å². The topological polar surface area (TPSA) is 84.6 Å². The number of carbonyl (C=O) groups is 1. The Morgan fingerprint density at radius 1 is 1.56 bits per heavy atom. The minimum Gasteiger partial charge on any atom is -0.465 e. The van der Waals surface area contributed by atoms with Crippen molar-refractivity contribution >= 4 is 5.97 Å². The van der Waals surface area contributed by atoms with Crippen molar-refractivity contribution in [2.24, 2.45) is 5.73 Å². The highest BCUT2D eigenvalue weighted by molar-refractivity contribution is 5.91. The molecule has 16 heavy (non-hydrogen) atoms. The van der Waals surface area contributed by atoms with Crippen molar-refractivity contribution in [3.8, 4) is 0 Å². The van der Waals surface area contributed by atoms with E-state index in [2.05, 4.69) is 4.74 Å². The van der Waals surface area contributed by atoms with Gasteiger partial charge in [0, 0.05) is 13.6 Å². The molecule has 0 saturated carbocycles. The molecule has 0 unspecified atom stereocenters. The van der Waals surface area contributed by atoms with Gasteiger partial charge in [-0.1, -0.05) is 12.1 Å². The first-order chi connectivity index (χ1) is 7.60. The third kappa shape index (κ3) is 4.39. The van der Waals surface area contributed by atoms with Gasteiger partial charge in [-0.2, -0.15) is 0 Å². The molecule has 0 fully saturated rings. The summed E-state index contributed by atoms with van der Waals surface area (Å²) in [6.07, 6.45) is 0. The molecule has 1 aromatic rings. The van der Waals surface area contributed by atoms with Crippen molar-refractivity contribution in [1.29, 1.82) is 0 Å². The van der Waals surface area contributed by atoms with Crippen LogP contribution in [-0.4, -0.2) is 25.3 Å². The van der Waals surface area contributed by atoms with Crippen molar-refractivity contribution in [2.45, 2.75) is 13.5 Å². The normalized spacial score (nSPS) is 9.06. The van der Waals surface area contributed by atoms with Crippen LogP contribution in [0.1, 0.15) is 21.5 Å². The molecular weight excluding hydrogens is 208 g/mol. The van der Waals surface area contributed by atoms with Crippen LogP contribution in [-0.2, 0) is 11.3 Å². The molecule has 0 aromatic heterocycles. The zero-order chi connectivity index (χ0) is 12.6. The Kier molecular flexibility index (Phi) is 7.11. The number of hydrogen-bond acceptors (Lipinski definition) is 5. The van der Waals surface area contributed by atoms with Crippen LogP contribution in [0.2, 0.25) is 0 Å². The molecule has 0 spiro atoms. The number of hydrogen-bond donors (Lipinski definition) is 3. The minimum atomic E-state index is -0.312. The summed E-state index contributed by atoms with van der Waals surface area (Å²) in [7, 11) is 2.80. The minimum absolute atomic E-state index is 0.312. The third-order valence-corrected chi connectivity index (χ3v) is 1.94. The Morgan fingerprint density at radius 3 is 2.56 bits per heavy atom. The first-order valence-electron chi connectivity index (χ1n) is 4.79. The molecule has 90 valence electrons. The van der Waals surface area contributed by atoms with Crippen LogP contribution < -0.4 is 11.2 Å². The quantitative estimate of drug-likeness (QED) is 0.514. The van der Waals surface area contributed by atoms with Gasteiger partial charge in [0.25, 0.3) is 0 Å². The van der Waals surface area contributed by atoms with Crippen molar-refractivity contribution in [1.82, 2.24) is 5.48 Å². The Hall–Kier alpha value is -1.43. The fourth-order valence-corrected chi connectivity index (χ4v) is 1.13. The zero-order valence-electron chi connectivity index (χ0n) is 9.78. The van der Waals surface area contributed by atoms with Crippen LogP contribution in [0, 0.1) is 6.92 Å². The Balaban J connectivity index is 0.000000673. The number of nitrogens with two attached hydrogens (primary N) is 1.